The topological polar surface area (TPSA) is 126 Å². The summed E-state index contributed by atoms with van der Waals surface area (Å²) in [5, 5.41) is 20.9. The molecule has 4 rings (SSSR count). The standard InChI is InChI=1S/C33H40N2O7S/c1-40-28-8-6-7-9-30(28)43-22-27-20-29(24-14-12-23(21-36)13-15-24)42-33(41-27)25-16-18-26(19-17-25)34-31(37)10-4-2-3-5-11-32(38)35-39/h6-9,12-19,27,29,33,36,39H,2-5,10-11,20-22H2,1H3,(H,34,37)(H,35,38)/t27-,29+,33+/m1/s1. The van der Waals surface area contributed by atoms with Gasteiger partial charge in [-0.15, -0.1) is 11.8 Å². The highest BCUT2D eigenvalue weighted by atomic mass is 32.2. The summed E-state index contributed by atoms with van der Waals surface area (Å²) in [7, 11) is 1.67. The van der Waals surface area contributed by atoms with Gasteiger partial charge in [0.1, 0.15) is 5.75 Å². The first-order chi connectivity index (χ1) is 21.0. The number of aliphatic hydroxyl groups excluding tert-OH is 1. The molecule has 0 bridgehead atoms. The van der Waals surface area contributed by atoms with Crippen LogP contribution in [-0.2, 0) is 25.7 Å². The zero-order chi connectivity index (χ0) is 30.4. The van der Waals surface area contributed by atoms with Crippen molar-refractivity contribution in [2.24, 2.45) is 0 Å². The maximum Gasteiger partial charge on any atom is 0.243 e. The molecule has 4 N–H and O–H groups in total. The summed E-state index contributed by atoms with van der Waals surface area (Å²) in [5.74, 6) is 1.09. The molecule has 0 unspecified atom stereocenters. The number of methoxy groups -OCH3 is 1. The van der Waals surface area contributed by atoms with Crippen LogP contribution in [0.4, 0.5) is 5.69 Å². The molecule has 0 saturated carbocycles. The second-order valence-electron chi connectivity index (χ2n) is 10.4. The van der Waals surface area contributed by atoms with E-state index >= 15 is 0 Å². The summed E-state index contributed by atoms with van der Waals surface area (Å²) in [5.41, 5.74) is 5.05. The van der Waals surface area contributed by atoms with Gasteiger partial charge in [-0.2, -0.15) is 0 Å². The highest BCUT2D eigenvalue weighted by Gasteiger charge is 2.32. The van der Waals surface area contributed by atoms with E-state index in [-0.39, 0.29) is 37.0 Å². The van der Waals surface area contributed by atoms with Crippen LogP contribution in [0.15, 0.2) is 77.7 Å². The Morgan fingerprint density at radius 2 is 1.56 bits per heavy atom. The fraction of sp³-hybridized carbons (Fsp3) is 0.394. The molecule has 3 aromatic carbocycles. The van der Waals surface area contributed by atoms with E-state index in [0.29, 0.717) is 30.7 Å². The lowest BCUT2D eigenvalue weighted by atomic mass is 10.0. The van der Waals surface area contributed by atoms with Crippen LogP contribution >= 0.6 is 11.8 Å². The molecule has 230 valence electrons. The van der Waals surface area contributed by atoms with Gasteiger partial charge < -0.3 is 24.6 Å². The monoisotopic (exact) mass is 608 g/mol. The number of benzene rings is 3. The van der Waals surface area contributed by atoms with Gasteiger partial charge in [-0.3, -0.25) is 14.8 Å². The lowest BCUT2D eigenvalue weighted by molar-refractivity contribution is -0.245. The molecule has 1 aliphatic heterocycles. The first-order valence-corrected chi connectivity index (χ1v) is 15.6. The molecule has 1 heterocycles. The Morgan fingerprint density at radius 1 is 0.884 bits per heavy atom. The van der Waals surface area contributed by atoms with Gasteiger partial charge in [0.2, 0.25) is 11.8 Å². The van der Waals surface area contributed by atoms with Crippen molar-refractivity contribution in [2.45, 2.75) is 74.9 Å². The molecule has 0 spiro atoms. The van der Waals surface area contributed by atoms with Crippen molar-refractivity contribution in [1.82, 2.24) is 5.48 Å². The van der Waals surface area contributed by atoms with Gasteiger partial charge in [-0.05, 0) is 48.2 Å². The SMILES string of the molecule is COc1ccccc1SC[C@H]1C[C@@H](c2ccc(CO)cc2)O[C@@H](c2ccc(NC(=O)CCCCCCC(=O)NO)cc2)O1. The predicted molar refractivity (Wildman–Crippen MR) is 165 cm³/mol. The molecule has 9 nitrogen and oxygen atoms in total. The van der Waals surface area contributed by atoms with E-state index in [4.69, 9.17) is 19.4 Å². The van der Waals surface area contributed by atoms with Crippen molar-refractivity contribution in [3.8, 4) is 5.75 Å². The largest absolute Gasteiger partial charge is 0.496 e. The fourth-order valence-electron chi connectivity index (χ4n) is 4.87. The molecule has 0 aliphatic carbocycles. The summed E-state index contributed by atoms with van der Waals surface area (Å²) < 4.78 is 18.4. The van der Waals surface area contributed by atoms with E-state index in [1.165, 1.54) is 0 Å². The quantitative estimate of drug-likeness (QED) is 0.0685. The lowest BCUT2D eigenvalue weighted by Crippen LogP contribution is -2.31. The normalized spacial score (nSPS) is 18.2. The Bertz CT molecular complexity index is 1300. The molecule has 1 fully saturated rings. The number of rotatable bonds is 15. The van der Waals surface area contributed by atoms with Crippen molar-refractivity contribution in [2.75, 3.05) is 18.2 Å². The number of hydrogen-bond donors (Lipinski definition) is 4. The van der Waals surface area contributed by atoms with Crippen molar-refractivity contribution in [1.29, 1.82) is 0 Å². The highest BCUT2D eigenvalue weighted by Crippen LogP contribution is 2.40. The lowest BCUT2D eigenvalue weighted by Gasteiger charge is -2.36. The maximum absolute atomic E-state index is 12.4. The molecule has 3 atom stereocenters. The Morgan fingerprint density at radius 3 is 2.23 bits per heavy atom. The number of nitrogens with one attached hydrogen (secondary N) is 2. The van der Waals surface area contributed by atoms with Crippen molar-refractivity contribution in [3.05, 3.63) is 89.5 Å². The van der Waals surface area contributed by atoms with Gasteiger partial charge in [0.25, 0.3) is 0 Å². The van der Waals surface area contributed by atoms with Crippen molar-refractivity contribution >= 4 is 29.3 Å². The minimum absolute atomic E-state index is 0.00981. The number of amides is 2. The number of carbonyl (C=O) groups is 2. The molecule has 43 heavy (non-hydrogen) atoms. The molecular formula is C33H40N2O7S. The third-order valence-electron chi connectivity index (χ3n) is 7.26. The van der Waals surface area contributed by atoms with Crippen LogP contribution in [0.2, 0.25) is 0 Å². The number of aliphatic hydroxyl groups is 1. The minimum Gasteiger partial charge on any atom is -0.496 e. The summed E-state index contributed by atoms with van der Waals surface area (Å²) in [6, 6.07) is 23.3. The minimum atomic E-state index is -0.586. The second-order valence-corrected chi connectivity index (χ2v) is 11.5. The van der Waals surface area contributed by atoms with Gasteiger partial charge in [-0.25, -0.2) is 5.48 Å². The average molecular weight is 609 g/mol. The summed E-state index contributed by atoms with van der Waals surface area (Å²) >= 11 is 1.69. The van der Waals surface area contributed by atoms with Gasteiger partial charge in [-0.1, -0.05) is 61.4 Å². The smallest absolute Gasteiger partial charge is 0.243 e. The van der Waals surface area contributed by atoms with Crippen LogP contribution in [0.1, 0.15) is 74.0 Å². The van der Waals surface area contributed by atoms with Crippen LogP contribution in [0.25, 0.3) is 0 Å². The third kappa shape index (κ3) is 10.1. The number of thioether (sulfide) groups is 1. The third-order valence-corrected chi connectivity index (χ3v) is 8.44. The number of carbonyl (C=O) groups excluding carboxylic acids is 2. The van der Waals surface area contributed by atoms with Crippen LogP contribution in [-0.4, -0.2) is 41.1 Å². The first kappa shape index (κ1) is 32.5. The van der Waals surface area contributed by atoms with E-state index in [9.17, 15) is 14.7 Å². The molecule has 3 aromatic rings. The molecule has 1 aliphatic rings. The van der Waals surface area contributed by atoms with Crippen molar-refractivity contribution in [3.63, 3.8) is 0 Å². The summed E-state index contributed by atoms with van der Waals surface area (Å²) in [4.78, 5) is 24.5. The Kier molecular flexibility index (Phi) is 12.9. The van der Waals surface area contributed by atoms with Gasteiger partial charge in [0, 0.05) is 41.2 Å². The van der Waals surface area contributed by atoms with Crippen molar-refractivity contribution < 1.29 is 34.1 Å². The summed E-state index contributed by atoms with van der Waals surface area (Å²) in [6.45, 7) is -0.00981. The van der Waals surface area contributed by atoms with E-state index in [1.807, 2.05) is 72.8 Å². The number of para-hydroxylation sites is 1. The Balaban J connectivity index is 1.36. The molecule has 1 saturated heterocycles. The van der Waals surface area contributed by atoms with Crippen LogP contribution in [0, 0.1) is 0 Å². The number of ether oxygens (including phenoxy) is 3. The van der Waals surface area contributed by atoms with Crippen LogP contribution in [0.3, 0.4) is 0 Å². The average Bonchev–Trinajstić information content (AvgIpc) is 3.05. The summed E-state index contributed by atoms with van der Waals surface area (Å²) in [6.07, 6.45) is 3.55. The van der Waals surface area contributed by atoms with Crippen LogP contribution in [0.5, 0.6) is 5.75 Å². The zero-order valence-electron chi connectivity index (χ0n) is 24.4. The van der Waals surface area contributed by atoms with Crippen LogP contribution < -0.4 is 15.5 Å². The van der Waals surface area contributed by atoms with Gasteiger partial charge in [0.15, 0.2) is 6.29 Å². The molecule has 0 radical (unpaired) electrons. The number of hydroxylamine groups is 1. The number of hydrogen-bond acceptors (Lipinski definition) is 8. The van der Waals surface area contributed by atoms with E-state index < -0.39 is 6.29 Å². The van der Waals surface area contributed by atoms with E-state index in [0.717, 1.165) is 46.6 Å². The number of unbranched alkanes of at least 4 members (excludes halogenated alkanes) is 3. The first-order valence-electron chi connectivity index (χ1n) is 14.6. The zero-order valence-corrected chi connectivity index (χ0v) is 25.2. The van der Waals surface area contributed by atoms with E-state index in [2.05, 4.69) is 5.32 Å². The second kappa shape index (κ2) is 17.0. The molecular weight excluding hydrogens is 568 g/mol. The molecule has 0 aromatic heterocycles. The molecule has 10 heteroatoms. The Labute approximate surface area is 256 Å². The fourth-order valence-corrected chi connectivity index (χ4v) is 5.92. The Hall–Kier alpha value is -3.41. The van der Waals surface area contributed by atoms with Gasteiger partial charge >= 0.3 is 0 Å². The van der Waals surface area contributed by atoms with Gasteiger partial charge in [0.05, 0.1) is 25.9 Å². The maximum atomic E-state index is 12.4. The van der Waals surface area contributed by atoms with E-state index in [1.54, 1.807) is 24.4 Å². The highest BCUT2D eigenvalue weighted by molar-refractivity contribution is 7.99. The predicted octanol–water partition coefficient (Wildman–Crippen LogP) is 6.31. The number of anilines is 1. The molecule has 2 amide bonds.